The number of rotatable bonds is 19. The van der Waals surface area contributed by atoms with Crippen LogP contribution in [0.15, 0.2) is 113 Å². The van der Waals surface area contributed by atoms with Gasteiger partial charge >= 0.3 is 37.6 Å². The molecule has 17 atom stereocenters. The Bertz CT molecular complexity index is 5250. The highest BCUT2D eigenvalue weighted by atomic mass is 35.5. The second-order valence-electron chi connectivity index (χ2n) is 34.2. The number of carbonyl (C=O) groups excluding carboxylic acids is 12. The largest absolute Gasteiger partial charge is 1.00 e. The number of aliphatic hydroxyl groups is 7. The van der Waals surface area contributed by atoms with Crippen molar-refractivity contribution < 1.29 is 178 Å². The number of esters is 3. The van der Waals surface area contributed by atoms with Gasteiger partial charge < -0.3 is 127 Å². The third kappa shape index (κ3) is 19.9. The van der Waals surface area contributed by atoms with Gasteiger partial charge in [-0.1, -0.05) is 74.5 Å². The van der Waals surface area contributed by atoms with Crippen molar-refractivity contribution in [3.8, 4) is 17.2 Å². The molecule has 15 N–H and O–H groups in total. The zero-order valence-corrected chi connectivity index (χ0v) is 74.3. The molecule has 0 radical (unpaired) electrons. The fraction of sp³-hybridized carbons (Fsp3) is 0.517. The van der Waals surface area contributed by atoms with Gasteiger partial charge in [-0.25, -0.2) is 24.0 Å². The predicted octanol–water partition coefficient (Wildman–Crippen LogP) is -0.434. The number of nitrogens with two attached hydrogens (primary N) is 1. The first-order valence-corrected chi connectivity index (χ1v) is 42.9. The highest BCUT2D eigenvalue weighted by Crippen LogP contribution is 2.65. The minimum atomic E-state index is -3.67. The van der Waals surface area contributed by atoms with Gasteiger partial charge in [-0.3, -0.25) is 48.7 Å². The Morgan fingerprint density at radius 3 is 1.79 bits per heavy atom. The second-order valence-corrected chi connectivity index (χ2v) is 35.7. The van der Waals surface area contributed by atoms with Gasteiger partial charge in [0.15, 0.2) is 35.3 Å². The minimum absolute atomic E-state index is 0. The van der Waals surface area contributed by atoms with Gasteiger partial charge in [0.25, 0.3) is 10.1 Å². The number of phenolic OH excluding ortho intramolecular Hbond substituents is 2. The van der Waals surface area contributed by atoms with Crippen LogP contribution in [-0.2, 0) is 87.9 Å². The van der Waals surface area contributed by atoms with Crippen LogP contribution in [0.5, 0.6) is 17.2 Å². The minimum Gasteiger partial charge on any atom is -1.00 e. The molecule has 14 rings (SSSR count). The SMILES string of the molecule is CC(=O)O[C@@]12CO[C@@H]1C[C@H](O)[C@@]1(C)C(=O)[C@H](O)C3=C(C)[C@@H](OC(=O)[C@H](O)[C@@H](NC(=O)OC(C)(C)C)c4ccccc4)C[C@@](O)([C@@H](OC(=O)c4ccccc4)[C@H]21)C3(C)C.CCOC(=O)NC1=C(N2CC2)C(=O)C(NC(=O)OCC)=C(N2CC2)C1=O.COc1cccc2c1C(=O)c1c(O)c3c(c(O)c1C2=O)C[C@@](O)(C(=O)CO)C[C@@H]3O[C@H]1C[C@H](N)[C@H](O)[C@H](C)O1.CS(=O)(=O)O.[Cl-].[H+]. The maximum atomic E-state index is 14.9. The molecule has 4 aromatic carbocycles. The number of ketones is 6. The summed E-state index contributed by atoms with van der Waals surface area (Å²) in [6.07, 6.45) is -17.5. The molecule has 3 amide bonds. The fourth-order valence-electron chi connectivity index (χ4n) is 17.9. The number of hydrogen-bond acceptors (Lipinski definition) is 36. The number of nitrogens with zero attached hydrogens (tertiary/aromatic N) is 2. The number of phenols is 2. The van der Waals surface area contributed by atoms with Crippen molar-refractivity contribution in [3.05, 3.63) is 157 Å². The first-order chi connectivity index (χ1) is 59.9. The number of halogens is 1. The standard InChI is InChI=1S/C43H53NO14.C27H29NO11.C16H20N4O6.CH4O3S.ClH/c1-22-26(55-37(51)32(48)30(24-15-11-9-12-16-24)44-38(52)58-39(3,4)5)20-43(53)35(56-36(50)25-17-13-10-14-18-25)33-41(8,34(49)31(47)29(22)40(43,6)7)27(46)19-28-42(33,21-54-28)57-23(2)45;1-10-22(31)13(28)6-17(38-10)39-15-8-27(36,16(30)9-29)7-12-19(15)26(35)21-20(24(12)33)23(32)11-4-3-5-14(37-2)18(11)25(21)34;1-3-25-15(23)17-9-11(19-5-6-19)14(22)10(18-16(24)26-4-2)12(13(9)21)20-7-8-20;1-5(2,3)4;/h9-18,26-28,30-33,35,46-48,53H,19-21H2,1-8H3,(H,44,52);3-5,10,13,15,17,22,29,31,33,35-36H,6-9,28H2,1-2H3;3-8H2,1-2H3,(H,17,23)(H,18,24);1H3,(H,2,3,4);1H/t26-,27-,28+,30-,31+,32+,33-,35-,41+,42-,43+;10-,13-,15-,17-,22+,27-;;;/m00.../s1. The first-order valence-electron chi connectivity index (χ1n) is 41.1. The highest BCUT2D eigenvalue weighted by Gasteiger charge is 2.78. The molecule has 42 heteroatoms. The van der Waals surface area contributed by atoms with Crippen LogP contribution in [0, 0.1) is 16.7 Å². The van der Waals surface area contributed by atoms with Crippen molar-refractivity contribution in [1.82, 2.24) is 25.8 Å². The molecule has 10 aliphatic rings. The van der Waals surface area contributed by atoms with Crippen molar-refractivity contribution >= 4 is 81.0 Å². The summed E-state index contributed by atoms with van der Waals surface area (Å²) in [5.74, 6) is -10.2. The lowest BCUT2D eigenvalue weighted by atomic mass is 9.44. The van der Waals surface area contributed by atoms with E-state index in [1.807, 2.05) is 0 Å². The van der Waals surface area contributed by atoms with Crippen molar-refractivity contribution in [2.24, 2.45) is 22.5 Å². The van der Waals surface area contributed by atoms with E-state index in [4.69, 9.17) is 57.7 Å². The molecule has 0 unspecified atom stereocenters. The Morgan fingerprint density at radius 2 is 1.29 bits per heavy atom. The van der Waals surface area contributed by atoms with Crippen molar-refractivity contribution in [1.29, 1.82) is 0 Å². The summed E-state index contributed by atoms with van der Waals surface area (Å²) in [6.45, 7) is 18.2. The molecule has 4 aliphatic heterocycles. The number of carbonyl (C=O) groups is 12. The molecular weight excluding hydrogens is 1740 g/mol. The molecule has 2 saturated carbocycles. The van der Waals surface area contributed by atoms with Crippen molar-refractivity contribution in [3.63, 3.8) is 0 Å². The molecule has 4 saturated heterocycles. The lowest BCUT2D eigenvalue weighted by Gasteiger charge is -2.67. The van der Waals surface area contributed by atoms with Gasteiger partial charge in [-0.05, 0) is 90.3 Å². The quantitative estimate of drug-likeness (QED) is 0.00948. The van der Waals surface area contributed by atoms with Gasteiger partial charge in [0.05, 0.1) is 97.2 Å². The van der Waals surface area contributed by atoms with Crippen LogP contribution >= 0.6 is 0 Å². The van der Waals surface area contributed by atoms with Gasteiger partial charge in [0, 0.05) is 93.4 Å². The number of ether oxygens (including phenoxy) is 10. The monoisotopic (exact) mass is 1850 g/mol. The molecule has 4 aromatic rings. The molecule has 129 heavy (non-hydrogen) atoms. The van der Waals surface area contributed by atoms with Crippen LogP contribution < -0.4 is 38.8 Å². The number of fused-ring (bicyclic) bond motifs is 8. The van der Waals surface area contributed by atoms with E-state index in [1.54, 1.807) is 114 Å². The van der Waals surface area contributed by atoms with E-state index in [0.29, 0.717) is 38.0 Å². The van der Waals surface area contributed by atoms with E-state index < -0.39 is 242 Å². The Labute approximate surface area is 747 Å². The van der Waals surface area contributed by atoms with Gasteiger partial charge in [0.1, 0.15) is 87.9 Å². The molecular formula is C87H107ClN6O34S. The number of hydrogen-bond donors (Lipinski definition) is 14. The third-order valence-corrected chi connectivity index (χ3v) is 24.3. The first kappa shape index (κ1) is 100. The number of methoxy groups -OCH3 is 1. The topological polar surface area (TPSA) is 602 Å². The molecule has 4 heterocycles. The van der Waals surface area contributed by atoms with Crippen molar-refractivity contribution in [2.45, 2.75) is 204 Å². The Kier molecular flexibility index (Phi) is 30.0. The van der Waals surface area contributed by atoms with Crippen LogP contribution in [0.2, 0.25) is 0 Å². The van der Waals surface area contributed by atoms with Gasteiger partial charge in [-0.2, -0.15) is 8.42 Å². The van der Waals surface area contributed by atoms with E-state index >= 15 is 0 Å². The van der Waals surface area contributed by atoms with Crippen LogP contribution in [0.1, 0.15) is 174 Å². The predicted molar refractivity (Wildman–Crippen MR) is 441 cm³/mol. The molecule has 2 bridgehead atoms. The number of Topliss-reactive ketones (excluding diaryl/α,β-unsaturated/α-hetero) is 4. The second kappa shape index (κ2) is 38.6. The fourth-order valence-corrected chi connectivity index (χ4v) is 17.9. The Balaban J connectivity index is 0.000000228. The number of aliphatic hydroxyl groups excluding tert-OH is 5. The highest BCUT2D eigenvalue weighted by molar-refractivity contribution is 7.85. The third-order valence-electron chi connectivity index (χ3n) is 24.3. The summed E-state index contributed by atoms with van der Waals surface area (Å²) in [6, 6.07) is 18.3. The van der Waals surface area contributed by atoms with Crippen LogP contribution in [-0.4, -0.2) is 289 Å². The van der Waals surface area contributed by atoms with E-state index in [2.05, 4.69) is 16.0 Å². The Morgan fingerprint density at radius 1 is 0.744 bits per heavy atom. The van der Waals surface area contributed by atoms with E-state index in [0.717, 1.165) is 6.92 Å². The van der Waals surface area contributed by atoms with Crippen molar-refractivity contribution in [2.75, 3.05) is 66.0 Å². The number of amides is 3. The van der Waals surface area contributed by atoms with E-state index in [1.165, 1.54) is 51.3 Å². The summed E-state index contributed by atoms with van der Waals surface area (Å²) < 4.78 is 82.0. The van der Waals surface area contributed by atoms with E-state index in [-0.39, 0.29) is 114 Å². The summed E-state index contributed by atoms with van der Waals surface area (Å²) in [7, 11) is -2.34. The normalized spacial score (nSPS) is 28.4. The molecule has 0 spiro atoms. The molecule has 6 fully saturated rings. The van der Waals surface area contributed by atoms with Crippen LogP contribution in [0.25, 0.3) is 0 Å². The zero-order chi connectivity index (χ0) is 94.5. The maximum absolute atomic E-state index is 14.9. The summed E-state index contributed by atoms with van der Waals surface area (Å²) in [4.78, 5) is 162. The van der Waals surface area contributed by atoms with Gasteiger partial charge in [-0.15, -0.1) is 0 Å². The van der Waals surface area contributed by atoms with Crippen LogP contribution in [0.3, 0.4) is 0 Å². The zero-order valence-electron chi connectivity index (χ0n) is 73.7. The number of benzene rings is 4. The molecule has 6 aliphatic carbocycles. The smallest absolute Gasteiger partial charge is 1.00 e. The summed E-state index contributed by atoms with van der Waals surface area (Å²) in [5, 5.41) is 110. The average Bonchev–Trinajstić information content (AvgIpc) is 1.56. The summed E-state index contributed by atoms with van der Waals surface area (Å²) >= 11 is 0. The lowest BCUT2D eigenvalue weighted by Crippen LogP contribution is -3.00. The Hall–Kier alpha value is -10.9. The van der Waals surface area contributed by atoms with E-state index in [9.17, 15) is 112 Å². The molecule has 0 aromatic heterocycles. The summed E-state index contributed by atoms with van der Waals surface area (Å²) in [5.41, 5.74) is -5.90. The number of aromatic hydroxyl groups is 2. The number of alkyl carbamates (subject to hydrolysis) is 3. The number of nitrogens with one attached hydrogen (secondary N) is 3. The molecule has 702 valence electrons. The van der Waals surface area contributed by atoms with Crippen LogP contribution in [0.4, 0.5) is 14.4 Å². The van der Waals surface area contributed by atoms with Gasteiger partial charge in [0.2, 0.25) is 17.3 Å². The molecule has 40 nitrogen and oxygen atoms in total. The maximum Gasteiger partial charge on any atom is 1.00 e. The average molecular weight is 1850 g/mol. The lowest BCUT2D eigenvalue weighted by molar-refractivity contribution is -0.346.